The van der Waals surface area contributed by atoms with Crippen molar-refractivity contribution in [3.63, 3.8) is 0 Å². The molecule has 0 aromatic rings. The normalized spacial score (nSPS) is 14.8. The molecule has 9 nitrogen and oxygen atoms in total. The number of phosphoric ester groups is 1. The third-order valence-electron chi connectivity index (χ3n) is 11.6. The van der Waals surface area contributed by atoms with Gasteiger partial charge in [-0.15, -0.1) is 0 Å². The molecule has 4 atom stereocenters. The topological polar surface area (TPSA) is 128 Å². The second-order valence-electron chi connectivity index (χ2n) is 18.7. The Labute approximate surface area is 365 Å². The number of phosphoric acid groups is 1. The molecule has 0 spiro atoms. The van der Waals surface area contributed by atoms with Gasteiger partial charge in [0, 0.05) is 0 Å². The lowest BCUT2D eigenvalue weighted by Gasteiger charge is -2.29. The first kappa shape index (κ1) is 58.2. The number of aliphatic hydroxyl groups is 2. The maximum absolute atomic E-state index is 13.0. The van der Waals surface area contributed by atoms with Gasteiger partial charge in [-0.3, -0.25) is 9.36 Å². The van der Waals surface area contributed by atoms with E-state index in [-0.39, 0.29) is 6.61 Å². The van der Waals surface area contributed by atoms with E-state index in [4.69, 9.17) is 9.05 Å². The quantitative estimate of drug-likeness (QED) is 0.0241. The van der Waals surface area contributed by atoms with Gasteiger partial charge in [0.1, 0.15) is 19.3 Å². The van der Waals surface area contributed by atoms with Gasteiger partial charge in [0.05, 0.1) is 39.9 Å². The summed E-state index contributed by atoms with van der Waals surface area (Å²) >= 11 is 0. The third kappa shape index (κ3) is 42.3. The summed E-state index contributed by atoms with van der Waals surface area (Å²) in [5.41, 5.74) is 0. The van der Waals surface area contributed by atoms with Gasteiger partial charge in [0.15, 0.2) is 0 Å². The van der Waals surface area contributed by atoms with E-state index in [0.717, 1.165) is 38.5 Å². The van der Waals surface area contributed by atoms with Crippen LogP contribution < -0.4 is 10.2 Å². The number of hydrogen-bond acceptors (Lipinski definition) is 7. The largest absolute Gasteiger partial charge is 0.756 e. The number of rotatable bonds is 46. The Kier molecular flexibility index (Phi) is 40.7. The SMILES string of the molecule is CCCCCCCCCCCCC/C=C/[C@@H](O)[C@H](COP(=O)([O-])OCC[N+](C)(C)C)NC(=O)C(O)CCCCCCCCCCCCCCCCCCCCCCCC. The van der Waals surface area contributed by atoms with E-state index in [0.29, 0.717) is 17.4 Å². The van der Waals surface area contributed by atoms with Crippen molar-refractivity contribution < 1.29 is 38.0 Å². The number of amides is 1. The molecule has 0 aromatic heterocycles. The molecule has 2 unspecified atom stereocenters. The summed E-state index contributed by atoms with van der Waals surface area (Å²) in [5.74, 6) is -0.633. The van der Waals surface area contributed by atoms with Crippen LogP contribution in [-0.2, 0) is 18.4 Å². The number of nitrogens with zero attached hydrogens (tertiary/aromatic N) is 1. The highest BCUT2D eigenvalue weighted by Gasteiger charge is 2.26. The van der Waals surface area contributed by atoms with Crippen LogP contribution in [0.25, 0.3) is 0 Å². The fourth-order valence-electron chi connectivity index (χ4n) is 7.51. The lowest BCUT2D eigenvalue weighted by Crippen LogP contribution is -2.49. The maximum atomic E-state index is 13.0. The van der Waals surface area contributed by atoms with Crippen molar-refractivity contribution in [1.29, 1.82) is 0 Å². The summed E-state index contributed by atoms with van der Waals surface area (Å²) in [7, 11) is 1.13. The Balaban J connectivity index is 4.32. The van der Waals surface area contributed by atoms with Crippen molar-refractivity contribution in [2.24, 2.45) is 0 Å². The molecule has 0 bridgehead atoms. The maximum Gasteiger partial charge on any atom is 0.268 e. The zero-order chi connectivity index (χ0) is 43.7. The molecule has 0 aromatic carbocycles. The molecular formula is C49H99N2O7P. The summed E-state index contributed by atoms with van der Waals surface area (Å²) in [4.78, 5) is 25.4. The predicted octanol–water partition coefficient (Wildman–Crippen LogP) is 12.7. The van der Waals surface area contributed by atoms with E-state index in [1.54, 1.807) is 6.08 Å². The van der Waals surface area contributed by atoms with Crippen molar-refractivity contribution in [2.45, 2.75) is 257 Å². The second kappa shape index (κ2) is 41.2. The Morgan fingerprint density at radius 1 is 0.593 bits per heavy atom. The van der Waals surface area contributed by atoms with E-state index >= 15 is 0 Å². The lowest BCUT2D eigenvalue weighted by molar-refractivity contribution is -0.870. The number of nitrogens with one attached hydrogen (secondary N) is 1. The number of carbonyl (C=O) groups is 1. The van der Waals surface area contributed by atoms with Crippen molar-refractivity contribution in [3.8, 4) is 0 Å². The van der Waals surface area contributed by atoms with E-state index in [1.807, 2.05) is 27.2 Å². The summed E-state index contributed by atoms with van der Waals surface area (Å²) in [5, 5.41) is 24.2. The fourth-order valence-corrected chi connectivity index (χ4v) is 8.24. The van der Waals surface area contributed by atoms with Crippen LogP contribution in [0.5, 0.6) is 0 Å². The Morgan fingerprint density at radius 2 is 0.949 bits per heavy atom. The molecule has 0 fully saturated rings. The molecular weight excluding hydrogens is 760 g/mol. The molecule has 0 saturated heterocycles. The Morgan fingerprint density at radius 3 is 1.32 bits per heavy atom. The number of unbranched alkanes of at least 4 members (excludes halogenated alkanes) is 32. The smallest absolute Gasteiger partial charge is 0.268 e. The van der Waals surface area contributed by atoms with Gasteiger partial charge in [0.25, 0.3) is 7.82 Å². The molecule has 0 saturated carbocycles. The highest BCUT2D eigenvalue weighted by molar-refractivity contribution is 7.45. The first-order chi connectivity index (χ1) is 28.4. The molecule has 1 amide bonds. The molecule has 3 N–H and O–H groups in total. The minimum absolute atomic E-state index is 0.0407. The molecule has 352 valence electrons. The van der Waals surface area contributed by atoms with Crippen LogP contribution in [0, 0.1) is 0 Å². The zero-order valence-corrected chi connectivity index (χ0v) is 40.5. The van der Waals surface area contributed by atoms with E-state index in [2.05, 4.69) is 19.2 Å². The van der Waals surface area contributed by atoms with Crippen LogP contribution >= 0.6 is 7.82 Å². The van der Waals surface area contributed by atoms with Crippen LogP contribution in [0.2, 0.25) is 0 Å². The minimum Gasteiger partial charge on any atom is -0.756 e. The summed E-state index contributed by atoms with van der Waals surface area (Å²) in [6.07, 6.45) is 44.7. The third-order valence-corrected chi connectivity index (χ3v) is 12.6. The first-order valence-electron chi connectivity index (χ1n) is 25.2. The van der Waals surface area contributed by atoms with Gasteiger partial charge in [-0.25, -0.2) is 0 Å². The average Bonchev–Trinajstić information content (AvgIpc) is 3.19. The van der Waals surface area contributed by atoms with Gasteiger partial charge >= 0.3 is 0 Å². The Bertz CT molecular complexity index is 992. The average molecular weight is 859 g/mol. The number of allylic oxidation sites excluding steroid dienone is 1. The zero-order valence-electron chi connectivity index (χ0n) is 39.6. The molecule has 10 heteroatoms. The number of carbonyl (C=O) groups excluding carboxylic acids is 1. The summed E-state index contributed by atoms with van der Waals surface area (Å²) in [6, 6.07) is -1.06. The number of likely N-dealkylation sites (N-methyl/N-ethyl adjacent to an activating group) is 1. The molecule has 59 heavy (non-hydrogen) atoms. The molecule has 0 aliphatic rings. The van der Waals surface area contributed by atoms with Gasteiger partial charge in [-0.05, 0) is 19.3 Å². The highest BCUT2D eigenvalue weighted by Crippen LogP contribution is 2.38. The first-order valence-corrected chi connectivity index (χ1v) is 26.6. The van der Waals surface area contributed by atoms with Crippen LogP contribution in [0.3, 0.4) is 0 Å². The summed E-state index contributed by atoms with van der Waals surface area (Å²) in [6.45, 7) is 4.46. The predicted molar refractivity (Wildman–Crippen MR) is 248 cm³/mol. The van der Waals surface area contributed by atoms with Crippen molar-refractivity contribution >= 4 is 13.7 Å². The van der Waals surface area contributed by atoms with E-state index in [9.17, 15) is 24.5 Å². The van der Waals surface area contributed by atoms with Crippen molar-refractivity contribution in [2.75, 3.05) is 40.9 Å². The standard InChI is InChI=1S/C49H99N2O7P/c1-6-8-10-12-14-16-18-20-21-22-23-24-25-26-27-28-30-32-34-36-38-40-42-48(53)49(54)50-46(45-58-59(55,56)57-44-43-51(3,4)5)47(52)41-39-37-35-33-31-29-19-17-15-13-11-9-7-2/h39,41,46-48,52-53H,6-38,40,42-45H2,1-5H3,(H-,50,54,55,56)/b41-39+/t46-,47+,48?/m0/s1. The van der Waals surface area contributed by atoms with Gasteiger partial charge in [0.2, 0.25) is 5.91 Å². The molecule has 0 rings (SSSR count). The van der Waals surface area contributed by atoms with Gasteiger partial charge in [-0.2, -0.15) is 0 Å². The number of aliphatic hydroxyl groups excluding tert-OH is 2. The van der Waals surface area contributed by atoms with Gasteiger partial charge in [-0.1, -0.05) is 231 Å². The van der Waals surface area contributed by atoms with Crippen molar-refractivity contribution in [3.05, 3.63) is 12.2 Å². The van der Waals surface area contributed by atoms with E-state index < -0.39 is 38.6 Å². The monoisotopic (exact) mass is 859 g/mol. The number of quaternary nitrogens is 1. The second-order valence-corrected chi connectivity index (χ2v) is 20.1. The highest BCUT2D eigenvalue weighted by atomic mass is 31.2. The van der Waals surface area contributed by atoms with Crippen LogP contribution in [0.4, 0.5) is 0 Å². The van der Waals surface area contributed by atoms with Crippen LogP contribution in [0.15, 0.2) is 12.2 Å². The van der Waals surface area contributed by atoms with Gasteiger partial charge < -0.3 is 34.0 Å². The molecule has 0 aliphatic carbocycles. The van der Waals surface area contributed by atoms with E-state index in [1.165, 1.54) is 180 Å². The number of hydrogen-bond donors (Lipinski definition) is 3. The van der Waals surface area contributed by atoms with Crippen LogP contribution in [0.1, 0.15) is 239 Å². The molecule has 0 aliphatic heterocycles. The molecule has 0 heterocycles. The lowest BCUT2D eigenvalue weighted by atomic mass is 10.0. The summed E-state index contributed by atoms with van der Waals surface area (Å²) < 4.78 is 23.1. The molecule has 0 radical (unpaired) electrons. The Hall–Kier alpha value is -0.800. The van der Waals surface area contributed by atoms with Crippen LogP contribution in [-0.4, -0.2) is 79.8 Å². The van der Waals surface area contributed by atoms with Crippen molar-refractivity contribution in [1.82, 2.24) is 5.32 Å². The minimum atomic E-state index is -4.66. The fraction of sp³-hybridized carbons (Fsp3) is 0.939.